The molecular formula is C21H23ClN4O4S2. The van der Waals surface area contributed by atoms with Crippen LogP contribution >= 0.6 is 23.4 Å². The van der Waals surface area contributed by atoms with Crippen LogP contribution in [0.4, 0.5) is 11.5 Å². The van der Waals surface area contributed by atoms with E-state index in [9.17, 15) is 13.2 Å². The zero-order chi connectivity index (χ0) is 23.5. The minimum absolute atomic E-state index is 0.0567. The van der Waals surface area contributed by atoms with Gasteiger partial charge in [-0.05, 0) is 54.6 Å². The number of carbonyl (C=O) groups is 1. The van der Waals surface area contributed by atoms with Crippen LogP contribution in [0.25, 0.3) is 0 Å². The molecule has 3 aromatic rings. The van der Waals surface area contributed by atoms with Gasteiger partial charge in [-0.25, -0.2) is 13.1 Å². The number of hydrogen-bond donors (Lipinski definition) is 2. The van der Waals surface area contributed by atoms with E-state index in [1.54, 1.807) is 30.3 Å². The van der Waals surface area contributed by atoms with Gasteiger partial charge < -0.3 is 15.8 Å². The molecular weight excluding hydrogens is 472 g/mol. The number of anilines is 2. The molecule has 11 heteroatoms. The Labute approximate surface area is 196 Å². The lowest BCUT2D eigenvalue weighted by Crippen LogP contribution is -2.21. The summed E-state index contributed by atoms with van der Waals surface area (Å²) in [5.74, 6) is 0.591. The minimum atomic E-state index is -3.97. The second-order valence-corrected chi connectivity index (χ2v) is 10.3. The van der Waals surface area contributed by atoms with E-state index in [-0.39, 0.29) is 27.2 Å². The summed E-state index contributed by atoms with van der Waals surface area (Å²) >= 11 is 7.34. The Morgan fingerprint density at radius 3 is 2.53 bits per heavy atom. The van der Waals surface area contributed by atoms with Gasteiger partial charge in [0, 0.05) is 10.7 Å². The normalized spacial score (nSPS) is 11.4. The van der Waals surface area contributed by atoms with Crippen LogP contribution in [-0.2, 0) is 21.2 Å². The van der Waals surface area contributed by atoms with Crippen molar-refractivity contribution in [2.24, 2.45) is 0 Å². The van der Waals surface area contributed by atoms with Crippen LogP contribution in [0.15, 0.2) is 57.3 Å². The van der Waals surface area contributed by atoms with E-state index in [0.29, 0.717) is 22.2 Å². The second-order valence-electron chi connectivity index (χ2n) is 6.80. The first kappa shape index (κ1) is 24.0. The highest BCUT2D eigenvalue weighted by Crippen LogP contribution is 2.35. The molecule has 170 valence electrons. The van der Waals surface area contributed by atoms with Crippen LogP contribution in [0.5, 0.6) is 5.75 Å². The van der Waals surface area contributed by atoms with Crippen molar-refractivity contribution >= 4 is 50.6 Å². The predicted octanol–water partition coefficient (Wildman–Crippen LogP) is 4.02. The van der Waals surface area contributed by atoms with E-state index in [1.807, 2.05) is 13.8 Å². The van der Waals surface area contributed by atoms with Gasteiger partial charge in [-0.2, -0.15) is 5.10 Å². The lowest BCUT2D eigenvalue weighted by atomic mass is 10.2. The number of nitrogen functional groups attached to an aromatic ring is 1. The molecule has 0 aliphatic carbocycles. The second kappa shape index (κ2) is 9.85. The number of hydrogen-bond acceptors (Lipinski definition) is 7. The molecule has 0 bridgehead atoms. The molecule has 0 fully saturated rings. The maximum absolute atomic E-state index is 13.3. The fourth-order valence-electron chi connectivity index (χ4n) is 2.92. The number of amides is 1. The average molecular weight is 495 g/mol. The molecule has 3 rings (SSSR count). The van der Waals surface area contributed by atoms with E-state index >= 15 is 0 Å². The molecule has 0 atom stereocenters. The molecule has 1 aromatic heterocycles. The van der Waals surface area contributed by atoms with E-state index in [1.165, 1.54) is 35.7 Å². The molecule has 0 unspecified atom stereocenters. The average Bonchev–Trinajstić information content (AvgIpc) is 3.06. The molecule has 0 aliphatic heterocycles. The van der Waals surface area contributed by atoms with Crippen molar-refractivity contribution < 1.29 is 17.9 Å². The van der Waals surface area contributed by atoms with Gasteiger partial charge in [-0.15, -0.1) is 11.8 Å². The Balaban J connectivity index is 1.92. The first-order valence-corrected chi connectivity index (χ1v) is 12.5. The van der Waals surface area contributed by atoms with Crippen LogP contribution in [0.3, 0.4) is 0 Å². The molecule has 8 nitrogen and oxygen atoms in total. The summed E-state index contributed by atoms with van der Waals surface area (Å²) < 4.78 is 32.9. The molecule has 1 amide bonds. The summed E-state index contributed by atoms with van der Waals surface area (Å²) in [5, 5.41) is 7.79. The standard InChI is InChI=1S/C21H23ClN4O4S2/c1-4-31-21-19(32(28,29)16-9-7-15(30-3)8-10-16)20(23)26(25-21)12-18(27)24-14-6-5-13(2)17(22)11-14/h5-11H,4,12,23H2,1-3H3,(H,24,27). The molecule has 0 saturated heterocycles. The van der Waals surface area contributed by atoms with Gasteiger partial charge in [-0.1, -0.05) is 24.6 Å². The first-order valence-electron chi connectivity index (χ1n) is 9.61. The van der Waals surface area contributed by atoms with Gasteiger partial charge in [0.05, 0.1) is 12.0 Å². The van der Waals surface area contributed by atoms with Crippen LogP contribution in [0.1, 0.15) is 12.5 Å². The smallest absolute Gasteiger partial charge is 0.246 e. The number of aryl methyl sites for hydroxylation is 1. The number of halogens is 1. The molecule has 1 heterocycles. The van der Waals surface area contributed by atoms with Crippen molar-refractivity contribution in [3.05, 3.63) is 53.1 Å². The molecule has 3 N–H and O–H groups in total. The Morgan fingerprint density at radius 2 is 1.94 bits per heavy atom. The topological polar surface area (TPSA) is 116 Å². The number of thioether (sulfide) groups is 1. The highest BCUT2D eigenvalue weighted by atomic mass is 35.5. The summed E-state index contributed by atoms with van der Waals surface area (Å²) in [4.78, 5) is 12.5. The summed E-state index contributed by atoms with van der Waals surface area (Å²) in [5.41, 5.74) is 7.59. The maximum Gasteiger partial charge on any atom is 0.246 e. The fraction of sp³-hybridized carbons (Fsp3) is 0.238. The Bertz CT molecular complexity index is 1240. The largest absolute Gasteiger partial charge is 0.497 e. The van der Waals surface area contributed by atoms with Crippen LogP contribution in [0, 0.1) is 6.92 Å². The van der Waals surface area contributed by atoms with Gasteiger partial charge in [-0.3, -0.25) is 4.79 Å². The van der Waals surface area contributed by atoms with Crippen molar-refractivity contribution in [2.45, 2.75) is 35.2 Å². The van der Waals surface area contributed by atoms with Gasteiger partial charge in [0.15, 0.2) is 0 Å². The third-order valence-electron chi connectivity index (χ3n) is 4.58. The number of carbonyl (C=O) groups excluding carboxylic acids is 1. The van der Waals surface area contributed by atoms with Gasteiger partial charge in [0.25, 0.3) is 0 Å². The lowest BCUT2D eigenvalue weighted by Gasteiger charge is -2.09. The Hall–Kier alpha value is -2.69. The summed E-state index contributed by atoms with van der Waals surface area (Å²) in [7, 11) is -2.47. The Morgan fingerprint density at radius 1 is 1.25 bits per heavy atom. The SMILES string of the molecule is CCSc1nn(CC(=O)Nc2ccc(C)c(Cl)c2)c(N)c1S(=O)(=O)c1ccc(OC)cc1. The molecule has 2 aromatic carbocycles. The van der Waals surface area contributed by atoms with E-state index in [4.69, 9.17) is 22.1 Å². The van der Waals surface area contributed by atoms with Crippen molar-refractivity contribution in [3.63, 3.8) is 0 Å². The van der Waals surface area contributed by atoms with Crippen molar-refractivity contribution in [1.29, 1.82) is 0 Å². The van der Waals surface area contributed by atoms with Crippen LogP contribution in [0.2, 0.25) is 5.02 Å². The summed E-state index contributed by atoms with van der Waals surface area (Å²) in [6.45, 7) is 3.47. The van der Waals surface area contributed by atoms with E-state index < -0.39 is 15.7 Å². The number of nitrogens with zero attached hydrogens (tertiary/aromatic N) is 2. The van der Waals surface area contributed by atoms with E-state index in [2.05, 4.69) is 10.4 Å². The number of nitrogens with one attached hydrogen (secondary N) is 1. The number of methoxy groups -OCH3 is 1. The molecule has 0 aliphatic rings. The molecule has 0 spiro atoms. The number of ether oxygens (including phenoxy) is 1. The van der Waals surface area contributed by atoms with E-state index in [0.717, 1.165) is 5.56 Å². The lowest BCUT2D eigenvalue weighted by molar-refractivity contribution is -0.116. The number of nitrogens with two attached hydrogens (primary N) is 1. The van der Waals surface area contributed by atoms with Crippen molar-refractivity contribution in [1.82, 2.24) is 9.78 Å². The number of aromatic nitrogens is 2. The summed E-state index contributed by atoms with van der Waals surface area (Å²) in [6.07, 6.45) is 0. The van der Waals surface area contributed by atoms with Crippen molar-refractivity contribution in [3.8, 4) is 5.75 Å². The minimum Gasteiger partial charge on any atom is -0.497 e. The highest BCUT2D eigenvalue weighted by molar-refractivity contribution is 8.00. The number of rotatable bonds is 8. The quantitative estimate of drug-likeness (QED) is 0.454. The van der Waals surface area contributed by atoms with Crippen LogP contribution in [-0.4, -0.2) is 37.0 Å². The fourth-order valence-corrected chi connectivity index (χ4v) is 5.65. The predicted molar refractivity (Wildman–Crippen MR) is 126 cm³/mol. The molecule has 32 heavy (non-hydrogen) atoms. The third kappa shape index (κ3) is 5.03. The molecule has 0 saturated carbocycles. The summed E-state index contributed by atoms with van der Waals surface area (Å²) in [6, 6.07) is 11.2. The molecule has 0 radical (unpaired) electrons. The monoisotopic (exact) mass is 494 g/mol. The van der Waals surface area contributed by atoms with Gasteiger partial charge >= 0.3 is 0 Å². The number of sulfone groups is 1. The Kier molecular flexibility index (Phi) is 7.37. The first-order chi connectivity index (χ1) is 15.2. The van der Waals surface area contributed by atoms with Gasteiger partial charge in [0.2, 0.25) is 15.7 Å². The zero-order valence-corrected chi connectivity index (χ0v) is 20.1. The van der Waals surface area contributed by atoms with Crippen molar-refractivity contribution in [2.75, 3.05) is 23.9 Å². The maximum atomic E-state index is 13.3. The third-order valence-corrected chi connectivity index (χ3v) is 7.80. The highest BCUT2D eigenvalue weighted by Gasteiger charge is 2.30. The number of benzene rings is 2. The zero-order valence-electron chi connectivity index (χ0n) is 17.8. The van der Waals surface area contributed by atoms with Gasteiger partial charge in [0.1, 0.15) is 28.0 Å². The van der Waals surface area contributed by atoms with Crippen LogP contribution < -0.4 is 15.8 Å².